The Hall–Kier alpha value is -0.770. The molecule has 1 unspecified atom stereocenters. The molecule has 2 rings (SSSR count). The van der Waals surface area contributed by atoms with E-state index in [4.69, 9.17) is 16.3 Å². The topological polar surface area (TPSA) is 24.5 Å². The first-order valence-electron chi connectivity index (χ1n) is 6.42. The summed E-state index contributed by atoms with van der Waals surface area (Å²) in [6.07, 6.45) is 1.19. The molecule has 18 heavy (non-hydrogen) atoms. The maximum Gasteiger partial charge on any atom is 0.0508 e. The van der Waals surface area contributed by atoms with E-state index in [0.29, 0.717) is 5.92 Å². The molecule has 1 N–H and O–H groups in total. The second-order valence-corrected chi connectivity index (χ2v) is 5.23. The van der Waals surface area contributed by atoms with Crippen molar-refractivity contribution in [2.75, 3.05) is 38.8 Å². The van der Waals surface area contributed by atoms with E-state index in [0.717, 1.165) is 31.3 Å². The Kier molecular flexibility index (Phi) is 4.87. The number of hydrogen-bond donors (Lipinski definition) is 1. The highest BCUT2D eigenvalue weighted by molar-refractivity contribution is 6.31. The second kappa shape index (κ2) is 6.41. The van der Waals surface area contributed by atoms with Crippen LogP contribution in [0.25, 0.3) is 0 Å². The summed E-state index contributed by atoms with van der Waals surface area (Å²) < 4.78 is 5.25. The van der Waals surface area contributed by atoms with E-state index in [1.165, 1.54) is 17.7 Å². The van der Waals surface area contributed by atoms with Gasteiger partial charge >= 0.3 is 0 Å². The van der Waals surface area contributed by atoms with Gasteiger partial charge in [0.2, 0.25) is 0 Å². The van der Waals surface area contributed by atoms with Crippen molar-refractivity contribution in [1.29, 1.82) is 0 Å². The van der Waals surface area contributed by atoms with Crippen LogP contribution >= 0.6 is 11.6 Å². The Morgan fingerprint density at radius 3 is 3.06 bits per heavy atom. The summed E-state index contributed by atoms with van der Waals surface area (Å²) in [6, 6.07) is 6.15. The Balaban J connectivity index is 2.16. The summed E-state index contributed by atoms with van der Waals surface area (Å²) in [5.41, 5.74) is 2.45. The molecule has 1 aromatic carbocycles. The zero-order valence-electron chi connectivity index (χ0n) is 11.1. The molecular formula is C14H21ClN2O. The first kappa shape index (κ1) is 13.7. The Morgan fingerprint density at radius 2 is 2.33 bits per heavy atom. The van der Waals surface area contributed by atoms with Gasteiger partial charge in [0, 0.05) is 48.9 Å². The van der Waals surface area contributed by atoms with Crippen LogP contribution in [0.15, 0.2) is 18.2 Å². The molecule has 1 fully saturated rings. The van der Waals surface area contributed by atoms with Crippen LogP contribution in [-0.2, 0) is 11.3 Å². The van der Waals surface area contributed by atoms with Crippen LogP contribution < -0.4 is 10.2 Å². The van der Waals surface area contributed by atoms with E-state index in [-0.39, 0.29) is 0 Å². The Morgan fingerprint density at radius 1 is 1.50 bits per heavy atom. The number of methoxy groups -OCH3 is 1. The molecule has 1 aliphatic heterocycles. The maximum atomic E-state index is 6.29. The first-order chi connectivity index (χ1) is 8.76. The third-order valence-corrected chi connectivity index (χ3v) is 3.83. The van der Waals surface area contributed by atoms with E-state index >= 15 is 0 Å². The van der Waals surface area contributed by atoms with Gasteiger partial charge in [-0.3, -0.25) is 0 Å². The van der Waals surface area contributed by atoms with Gasteiger partial charge < -0.3 is 15.0 Å². The molecule has 0 aromatic heterocycles. The molecule has 3 nitrogen and oxygen atoms in total. The average molecular weight is 269 g/mol. The molecular weight excluding hydrogens is 248 g/mol. The van der Waals surface area contributed by atoms with Crippen molar-refractivity contribution < 1.29 is 4.74 Å². The average Bonchev–Trinajstić information content (AvgIpc) is 2.81. The molecule has 1 aromatic rings. The minimum atomic E-state index is 0.636. The second-order valence-electron chi connectivity index (χ2n) is 4.82. The van der Waals surface area contributed by atoms with Crippen molar-refractivity contribution in [3.63, 3.8) is 0 Å². The van der Waals surface area contributed by atoms with E-state index < -0.39 is 0 Å². The zero-order chi connectivity index (χ0) is 13.0. The molecule has 0 bridgehead atoms. The lowest BCUT2D eigenvalue weighted by atomic mass is 10.1. The van der Waals surface area contributed by atoms with Crippen LogP contribution in [0.3, 0.4) is 0 Å². The molecule has 100 valence electrons. The van der Waals surface area contributed by atoms with E-state index in [2.05, 4.69) is 16.3 Å². The van der Waals surface area contributed by atoms with Gasteiger partial charge in [0.25, 0.3) is 0 Å². The lowest BCUT2D eigenvalue weighted by Gasteiger charge is -2.23. The summed E-state index contributed by atoms with van der Waals surface area (Å²) >= 11 is 6.29. The van der Waals surface area contributed by atoms with Crippen LogP contribution in [0.4, 0.5) is 5.69 Å². The Labute approximate surface area is 114 Å². The quantitative estimate of drug-likeness (QED) is 0.888. The van der Waals surface area contributed by atoms with Crippen molar-refractivity contribution in [3.05, 3.63) is 28.8 Å². The van der Waals surface area contributed by atoms with Crippen LogP contribution in [0, 0.1) is 5.92 Å². The summed E-state index contributed by atoms with van der Waals surface area (Å²) in [4.78, 5) is 2.42. The summed E-state index contributed by atoms with van der Waals surface area (Å²) in [7, 11) is 3.72. The molecule has 1 saturated heterocycles. The van der Waals surface area contributed by atoms with Crippen molar-refractivity contribution >= 4 is 17.3 Å². The molecule has 4 heteroatoms. The standard InChI is InChI=1S/C14H21ClN2O/c1-16-8-12-13(15)4-3-5-14(12)17-7-6-11(9-17)10-18-2/h3-5,11,16H,6-10H2,1-2H3. The normalized spacial score (nSPS) is 19.5. The number of ether oxygens (including phenoxy) is 1. The number of hydrogen-bond acceptors (Lipinski definition) is 3. The molecule has 0 radical (unpaired) electrons. The highest BCUT2D eigenvalue weighted by atomic mass is 35.5. The van der Waals surface area contributed by atoms with E-state index in [1.807, 2.05) is 19.2 Å². The summed E-state index contributed by atoms with van der Waals surface area (Å²) in [5.74, 6) is 0.636. The van der Waals surface area contributed by atoms with E-state index in [9.17, 15) is 0 Å². The third kappa shape index (κ3) is 2.97. The molecule has 1 atom stereocenters. The van der Waals surface area contributed by atoms with Gasteiger partial charge in [0.05, 0.1) is 6.61 Å². The third-order valence-electron chi connectivity index (χ3n) is 3.48. The van der Waals surface area contributed by atoms with Gasteiger partial charge in [0.15, 0.2) is 0 Å². The SMILES string of the molecule is CNCc1c(Cl)cccc1N1CCC(COC)C1. The molecule has 0 amide bonds. The van der Waals surface area contributed by atoms with Gasteiger partial charge in [-0.15, -0.1) is 0 Å². The molecule has 1 aliphatic rings. The molecule has 0 spiro atoms. The fourth-order valence-corrected chi connectivity index (χ4v) is 2.85. The van der Waals surface area contributed by atoms with Gasteiger partial charge in [-0.1, -0.05) is 17.7 Å². The number of anilines is 1. The van der Waals surface area contributed by atoms with Crippen molar-refractivity contribution in [2.24, 2.45) is 5.92 Å². The Bertz CT molecular complexity index is 397. The van der Waals surface area contributed by atoms with Crippen molar-refractivity contribution in [3.8, 4) is 0 Å². The molecule has 1 heterocycles. The number of rotatable bonds is 5. The highest BCUT2D eigenvalue weighted by Crippen LogP contribution is 2.31. The van der Waals surface area contributed by atoms with E-state index in [1.54, 1.807) is 7.11 Å². The maximum absolute atomic E-state index is 6.29. The van der Waals surface area contributed by atoms with Crippen LogP contribution in [0.2, 0.25) is 5.02 Å². The van der Waals surface area contributed by atoms with Crippen LogP contribution in [0.5, 0.6) is 0 Å². The number of nitrogens with one attached hydrogen (secondary N) is 1. The van der Waals surface area contributed by atoms with Gasteiger partial charge in [-0.2, -0.15) is 0 Å². The first-order valence-corrected chi connectivity index (χ1v) is 6.80. The van der Waals surface area contributed by atoms with Crippen molar-refractivity contribution in [1.82, 2.24) is 5.32 Å². The predicted molar refractivity (Wildman–Crippen MR) is 76.4 cm³/mol. The van der Waals surface area contributed by atoms with Crippen molar-refractivity contribution in [2.45, 2.75) is 13.0 Å². The van der Waals surface area contributed by atoms with Gasteiger partial charge in [-0.05, 0) is 25.6 Å². The minimum absolute atomic E-state index is 0.636. The fraction of sp³-hybridized carbons (Fsp3) is 0.571. The lowest BCUT2D eigenvalue weighted by Crippen LogP contribution is -2.23. The smallest absolute Gasteiger partial charge is 0.0508 e. The highest BCUT2D eigenvalue weighted by Gasteiger charge is 2.24. The summed E-state index contributed by atoms with van der Waals surface area (Å²) in [6.45, 7) is 3.80. The molecule has 0 saturated carbocycles. The minimum Gasteiger partial charge on any atom is -0.384 e. The zero-order valence-corrected chi connectivity index (χ0v) is 11.8. The summed E-state index contributed by atoms with van der Waals surface area (Å²) in [5, 5.41) is 4.03. The van der Waals surface area contributed by atoms with Gasteiger partial charge in [-0.25, -0.2) is 0 Å². The van der Waals surface area contributed by atoms with Gasteiger partial charge in [0.1, 0.15) is 0 Å². The monoisotopic (exact) mass is 268 g/mol. The molecule has 0 aliphatic carbocycles. The number of halogens is 1. The lowest BCUT2D eigenvalue weighted by molar-refractivity contribution is 0.161. The number of benzene rings is 1. The number of nitrogens with zero attached hydrogens (tertiary/aromatic N) is 1. The predicted octanol–water partition coefficient (Wildman–Crippen LogP) is 2.53. The largest absolute Gasteiger partial charge is 0.384 e. The fourth-order valence-electron chi connectivity index (χ4n) is 2.62. The van der Waals surface area contributed by atoms with Crippen LogP contribution in [-0.4, -0.2) is 33.9 Å². The van der Waals surface area contributed by atoms with Crippen LogP contribution in [0.1, 0.15) is 12.0 Å².